The van der Waals surface area contributed by atoms with Crippen molar-refractivity contribution in [2.75, 3.05) is 19.8 Å². The van der Waals surface area contributed by atoms with Gasteiger partial charge in [-0.15, -0.1) is 0 Å². The molecule has 1 saturated carbocycles. The minimum Gasteiger partial charge on any atom is -0.493 e. The number of aryl methyl sites for hydroxylation is 1. The molecule has 7 atom stereocenters. The molecule has 0 aromatic heterocycles. The van der Waals surface area contributed by atoms with Crippen molar-refractivity contribution < 1.29 is 32.9 Å². The molecule has 3 aliphatic rings. The van der Waals surface area contributed by atoms with E-state index in [1.54, 1.807) is 0 Å². The predicted octanol–water partition coefficient (Wildman–Crippen LogP) is 6.87. The van der Waals surface area contributed by atoms with Crippen LogP contribution in [0.3, 0.4) is 0 Å². The number of hydrogen-bond donors (Lipinski definition) is 0. The van der Waals surface area contributed by atoms with Crippen LogP contribution in [-0.4, -0.2) is 59.9 Å². The summed E-state index contributed by atoms with van der Waals surface area (Å²) in [6.07, 6.45) is 10.2. The van der Waals surface area contributed by atoms with Crippen molar-refractivity contribution >= 4 is 15.3 Å². The van der Waals surface area contributed by atoms with E-state index in [2.05, 4.69) is 52.5 Å². The van der Waals surface area contributed by atoms with Crippen molar-refractivity contribution in [2.24, 2.45) is 11.8 Å². The molecule has 2 heterocycles. The molecule has 41 heavy (non-hydrogen) atoms. The van der Waals surface area contributed by atoms with Crippen LogP contribution in [0, 0.1) is 18.8 Å². The minimum atomic E-state index is -1.55. The number of carbonyl (C=O) groups excluding carboxylic acids is 1. The summed E-state index contributed by atoms with van der Waals surface area (Å²) in [6, 6.07) is 8.11. The highest BCUT2D eigenvalue weighted by Crippen LogP contribution is 2.46. The first-order chi connectivity index (χ1) is 19.7. The van der Waals surface area contributed by atoms with Gasteiger partial charge in [0.2, 0.25) is 0 Å². The van der Waals surface area contributed by atoms with E-state index in [0.717, 1.165) is 69.3 Å². The molecule has 1 aliphatic carbocycles. The van der Waals surface area contributed by atoms with Crippen LogP contribution in [0.4, 0.5) is 0 Å². The van der Waals surface area contributed by atoms with E-state index in [0.29, 0.717) is 26.1 Å². The van der Waals surface area contributed by atoms with Gasteiger partial charge in [0.1, 0.15) is 17.8 Å². The summed E-state index contributed by atoms with van der Waals surface area (Å²) in [6.45, 7) is 13.0. The van der Waals surface area contributed by atoms with Crippen molar-refractivity contribution in [3.63, 3.8) is 0 Å². The van der Waals surface area contributed by atoms with Crippen molar-refractivity contribution in [3.8, 4) is 5.75 Å². The molecule has 4 rings (SSSR count). The van der Waals surface area contributed by atoms with Gasteiger partial charge >= 0.3 is 0 Å². The standard InChI is InChI=1S/C33H52O7Si/c1-24-14-16-25(17-15-24)35-22-10-11-27(38-30-12-6-8-20-36-30)32-26(18-19-34)28(40-41(5)33(2,3)4)23-29(32)39-31-13-7-9-21-37-31/h11,14-17,19,26,28-32,41H,6-10,12-13,18,20-23H2,1-5H3/b27-11+/t26-,28-,29+,30?,31?,32+,41?/m1/s1. The second kappa shape index (κ2) is 15.7. The molecule has 0 bridgehead atoms. The molecule has 0 amide bonds. The maximum Gasteiger partial charge on any atom is 0.199 e. The molecule has 2 aliphatic heterocycles. The SMILES string of the molecule is Cc1ccc(OCC/C=C(/OC2CCCCO2)[C@@H]2[C@H](CC=O)[C@H](O[SiH](C)C(C)(C)C)C[C@@H]2OC2CCCCO2)cc1. The fourth-order valence-electron chi connectivity index (χ4n) is 5.87. The van der Waals surface area contributed by atoms with Crippen molar-refractivity contribution in [3.05, 3.63) is 41.7 Å². The Hall–Kier alpha value is -1.71. The third kappa shape index (κ3) is 9.65. The van der Waals surface area contributed by atoms with Gasteiger partial charge in [0.05, 0.1) is 25.4 Å². The predicted molar refractivity (Wildman–Crippen MR) is 162 cm³/mol. The zero-order chi connectivity index (χ0) is 29.2. The van der Waals surface area contributed by atoms with E-state index >= 15 is 0 Å². The van der Waals surface area contributed by atoms with Gasteiger partial charge in [0.15, 0.2) is 21.6 Å². The van der Waals surface area contributed by atoms with Crippen LogP contribution >= 0.6 is 0 Å². The highest BCUT2D eigenvalue weighted by atomic mass is 28.3. The Bertz CT molecular complexity index is 947. The van der Waals surface area contributed by atoms with Crippen LogP contribution in [0.25, 0.3) is 0 Å². The van der Waals surface area contributed by atoms with Crippen molar-refractivity contribution in [2.45, 2.75) is 122 Å². The van der Waals surface area contributed by atoms with Gasteiger partial charge in [-0.2, -0.15) is 0 Å². The number of carbonyl (C=O) groups is 1. The Morgan fingerprint density at radius 1 is 1.00 bits per heavy atom. The molecular weight excluding hydrogens is 536 g/mol. The van der Waals surface area contributed by atoms with Gasteiger partial charge in [-0.1, -0.05) is 38.5 Å². The van der Waals surface area contributed by atoms with Crippen LogP contribution in [0.1, 0.15) is 84.1 Å². The monoisotopic (exact) mass is 588 g/mol. The Morgan fingerprint density at radius 2 is 1.68 bits per heavy atom. The van der Waals surface area contributed by atoms with Gasteiger partial charge < -0.3 is 32.9 Å². The van der Waals surface area contributed by atoms with E-state index in [-0.39, 0.29) is 41.7 Å². The average Bonchev–Trinajstić information content (AvgIpc) is 3.28. The van der Waals surface area contributed by atoms with Crippen LogP contribution < -0.4 is 4.74 Å². The van der Waals surface area contributed by atoms with Crippen LogP contribution in [0.2, 0.25) is 11.6 Å². The molecule has 1 aromatic rings. The lowest BCUT2D eigenvalue weighted by Crippen LogP contribution is -2.36. The molecule has 0 N–H and O–H groups in total. The molecule has 2 saturated heterocycles. The van der Waals surface area contributed by atoms with Gasteiger partial charge in [-0.25, -0.2) is 0 Å². The molecule has 3 fully saturated rings. The second-order valence-electron chi connectivity index (χ2n) is 13.0. The Kier molecular flexibility index (Phi) is 12.3. The molecular formula is C33H52O7Si. The van der Waals surface area contributed by atoms with E-state index in [1.807, 2.05) is 12.1 Å². The summed E-state index contributed by atoms with van der Waals surface area (Å²) in [7, 11) is -1.55. The number of aldehydes is 1. The zero-order valence-corrected chi connectivity index (χ0v) is 27.0. The van der Waals surface area contributed by atoms with E-state index in [4.69, 9.17) is 28.1 Å². The van der Waals surface area contributed by atoms with Crippen molar-refractivity contribution in [1.82, 2.24) is 0 Å². The molecule has 8 heteroatoms. The topological polar surface area (TPSA) is 72.5 Å². The fourth-order valence-corrected chi connectivity index (χ4v) is 7.11. The summed E-state index contributed by atoms with van der Waals surface area (Å²) in [4.78, 5) is 12.1. The van der Waals surface area contributed by atoms with Crippen LogP contribution in [0.15, 0.2) is 36.1 Å². The lowest BCUT2D eigenvalue weighted by atomic mass is 9.88. The average molecular weight is 589 g/mol. The summed E-state index contributed by atoms with van der Waals surface area (Å²) < 4.78 is 38.3. The minimum absolute atomic E-state index is 0.0359. The highest BCUT2D eigenvalue weighted by Gasteiger charge is 2.49. The highest BCUT2D eigenvalue weighted by molar-refractivity contribution is 6.53. The quantitative estimate of drug-likeness (QED) is 0.108. The number of benzene rings is 1. The first-order valence-corrected chi connectivity index (χ1v) is 18.0. The molecule has 1 aromatic carbocycles. The van der Waals surface area contributed by atoms with E-state index in [1.165, 1.54) is 5.56 Å². The van der Waals surface area contributed by atoms with Gasteiger partial charge in [0, 0.05) is 37.7 Å². The number of rotatable bonds is 13. The van der Waals surface area contributed by atoms with Gasteiger partial charge in [-0.3, -0.25) is 0 Å². The van der Waals surface area contributed by atoms with E-state index < -0.39 is 9.04 Å². The molecule has 7 nitrogen and oxygen atoms in total. The molecule has 0 radical (unpaired) electrons. The first kappa shape index (κ1) is 32.2. The van der Waals surface area contributed by atoms with Gasteiger partial charge in [0.25, 0.3) is 0 Å². The smallest absolute Gasteiger partial charge is 0.199 e. The van der Waals surface area contributed by atoms with Crippen LogP contribution in [0.5, 0.6) is 5.75 Å². The normalized spacial score (nSPS) is 30.1. The third-order valence-corrected chi connectivity index (χ3v) is 11.9. The van der Waals surface area contributed by atoms with Crippen molar-refractivity contribution in [1.29, 1.82) is 0 Å². The lowest BCUT2D eigenvalue weighted by Gasteiger charge is -2.34. The molecule has 3 unspecified atom stereocenters. The van der Waals surface area contributed by atoms with E-state index in [9.17, 15) is 4.79 Å². The lowest BCUT2D eigenvalue weighted by molar-refractivity contribution is -0.201. The maximum absolute atomic E-state index is 12.1. The molecule has 230 valence electrons. The Balaban J connectivity index is 1.58. The number of hydrogen-bond acceptors (Lipinski definition) is 7. The summed E-state index contributed by atoms with van der Waals surface area (Å²) in [5, 5.41) is 0.116. The van der Waals surface area contributed by atoms with Crippen LogP contribution in [-0.2, 0) is 28.2 Å². The fraction of sp³-hybridized carbons (Fsp3) is 0.727. The summed E-state index contributed by atoms with van der Waals surface area (Å²) in [5.74, 6) is 1.54. The summed E-state index contributed by atoms with van der Waals surface area (Å²) in [5.41, 5.74) is 1.21. The number of ether oxygens (including phenoxy) is 5. The summed E-state index contributed by atoms with van der Waals surface area (Å²) >= 11 is 0. The Morgan fingerprint density at radius 3 is 2.29 bits per heavy atom. The molecule has 0 spiro atoms. The third-order valence-electron chi connectivity index (χ3n) is 8.72. The second-order valence-corrected chi connectivity index (χ2v) is 16.2. The first-order valence-electron chi connectivity index (χ1n) is 15.8. The Labute approximate surface area is 249 Å². The van der Waals surface area contributed by atoms with Gasteiger partial charge in [-0.05, 0) is 75.2 Å². The largest absolute Gasteiger partial charge is 0.493 e. The maximum atomic E-state index is 12.1. The zero-order valence-electron chi connectivity index (χ0n) is 25.8.